The van der Waals surface area contributed by atoms with Gasteiger partial charge in [-0.2, -0.15) is 0 Å². The maximum Gasteiger partial charge on any atom is 0.320 e. The third-order valence-electron chi connectivity index (χ3n) is 2.65. The molecule has 1 aliphatic rings. The number of sulfone groups is 1. The lowest BCUT2D eigenvalue weighted by atomic mass is 10.4. The van der Waals surface area contributed by atoms with Crippen LogP contribution in [0.5, 0.6) is 0 Å². The molecule has 0 radical (unpaired) electrons. The fourth-order valence-corrected chi connectivity index (χ4v) is 2.80. The van der Waals surface area contributed by atoms with Crippen molar-refractivity contribution in [2.24, 2.45) is 0 Å². The monoisotopic (exact) mass is 234 g/mol. The summed E-state index contributed by atoms with van der Waals surface area (Å²) in [6.45, 7) is 5.83. The van der Waals surface area contributed by atoms with E-state index in [-0.39, 0.29) is 17.5 Å². The largest absolute Gasteiger partial charge is 0.325 e. The minimum atomic E-state index is -2.90. The van der Waals surface area contributed by atoms with Crippen molar-refractivity contribution in [1.82, 2.24) is 9.80 Å². The topological polar surface area (TPSA) is 57.7 Å². The van der Waals surface area contributed by atoms with Gasteiger partial charge in [-0.3, -0.25) is 0 Å². The fraction of sp³-hybridized carbons (Fsp3) is 0.889. The average molecular weight is 234 g/mol. The molecule has 0 N–H and O–H groups in total. The van der Waals surface area contributed by atoms with Gasteiger partial charge in [-0.1, -0.05) is 0 Å². The summed E-state index contributed by atoms with van der Waals surface area (Å²) < 4.78 is 22.4. The van der Waals surface area contributed by atoms with Gasteiger partial charge in [0.05, 0.1) is 11.5 Å². The Labute approximate surface area is 91.0 Å². The van der Waals surface area contributed by atoms with E-state index >= 15 is 0 Å². The Hall–Kier alpha value is -0.780. The number of carbonyl (C=O) groups excluding carboxylic acids is 1. The standard InChI is InChI=1S/C9H18N2O3S/c1-3-10(4-2)9(12)11-5-7-15(13,14)8-6-11/h3-8H2,1-2H3. The van der Waals surface area contributed by atoms with Crippen molar-refractivity contribution in [3.63, 3.8) is 0 Å². The molecule has 0 saturated carbocycles. The van der Waals surface area contributed by atoms with Crippen LogP contribution < -0.4 is 0 Å². The normalized spacial score (nSPS) is 20.0. The molecule has 2 amide bonds. The highest BCUT2D eigenvalue weighted by atomic mass is 32.2. The molecule has 1 saturated heterocycles. The van der Waals surface area contributed by atoms with E-state index in [1.54, 1.807) is 9.80 Å². The SMILES string of the molecule is CCN(CC)C(=O)N1CCS(=O)(=O)CC1. The van der Waals surface area contributed by atoms with Crippen LogP contribution in [0.4, 0.5) is 4.79 Å². The molecule has 0 aliphatic carbocycles. The van der Waals surface area contributed by atoms with E-state index in [1.807, 2.05) is 13.8 Å². The number of urea groups is 1. The van der Waals surface area contributed by atoms with Crippen LogP contribution in [-0.2, 0) is 9.84 Å². The van der Waals surface area contributed by atoms with Crippen molar-refractivity contribution < 1.29 is 13.2 Å². The second-order valence-corrected chi connectivity index (χ2v) is 5.90. The van der Waals surface area contributed by atoms with E-state index in [1.165, 1.54) is 0 Å². The highest BCUT2D eigenvalue weighted by Crippen LogP contribution is 2.07. The van der Waals surface area contributed by atoms with E-state index in [4.69, 9.17) is 0 Å². The third kappa shape index (κ3) is 3.09. The van der Waals surface area contributed by atoms with Gasteiger partial charge in [-0.05, 0) is 13.8 Å². The van der Waals surface area contributed by atoms with E-state index in [2.05, 4.69) is 0 Å². The summed E-state index contributed by atoms with van der Waals surface area (Å²) >= 11 is 0. The molecule has 0 aromatic rings. The molecule has 0 bridgehead atoms. The number of amides is 2. The van der Waals surface area contributed by atoms with E-state index < -0.39 is 9.84 Å². The van der Waals surface area contributed by atoms with Crippen LogP contribution in [0, 0.1) is 0 Å². The zero-order chi connectivity index (χ0) is 11.5. The highest BCUT2D eigenvalue weighted by Gasteiger charge is 2.26. The van der Waals surface area contributed by atoms with Gasteiger partial charge in [0.15, 0.2) is 9.84 Å². The van der Waals surface area contributed by atoms with Gasteiger partial charge in [-0.15, -0.1) is 0 Å². The van der Waals surface area contributed by atoms with Crippen LogP contribution in [0.15, 0.2) is 0 Å². The molecule has 1 fully saturated rings. The summed E-state index contributed by atoms with van der Waals surface area (Å²) in [6, 6.07) is -0.0464. The minimum Gasteiger partial charge on any atom is -0.325 e. The Balaban J connectivity index is 2.56. The van der Waals surface area contributed by atoms with Gasteiger partial charge in [0.1, 0.15) is 0 Å². The Morgan fingerprint density at radius 2 is 1.67 bits per heavy atom. The predicted molar refractivity (Wildman–Crippen MR) is 58.5 cm³/mol. The van der Waals surface area contributed by atoms with Crippen LogP contribution in [-0.4, -0.2) is 61.9 Å². The maximum atomic E-state index is 11.8. The van der Waals surface area contributed by atoms with Crippen molar-refractivity contribution in [3.05, 3.63) is 0 Å². The van der Waals surface area contributed by atoms with Gasteiger partial charge in [-0.25, -0.2) is 13.2 Å². The third-order valence-corrected chi connectivity index (χ3v) is 4.26. The van der Waals surface area contributed by atoms with E-state index in [9.17, 15) is 13.2 Å². The van der Waals surface area contributed by atoms with Gasteiger partial charge in [0.2, 0.25) is 0 Å². The van der Waals surface area contributed by atoms with Crippen LogP contribution in [0.25, 0.3) is 0 Å². The highest BCUT2D eigenvalue weighted by molar-refractivity contribution is 7.91. The first kappa shape index (κ1) is 12.3. The number of carbonyl (C=O) groups is 1. The number of nitrogens with zero attached hydrogens (tertiary/aromatic N) is 2. The van der Waals surface area contributed by atoms with Crippen molar-refractivity contribution in [2.45, 2.75) is 13.8 Å². The smallest absolute Gasteiger partial charge is 0.320 e. The molecule has 6 heteroatoms. The minimum absolute atomic E-state index is 0.0464. The number of hydrogen-bond acceptors (Lipinski definition) is 3. The summed E-state index contributed by atoms with van der Waals surface area (Å²) in [5.41, 5.74) is 0. The van der Waals surface area contributed by atoms with Gasteiger partial charge < -0.3 is 9.80 Å². The molecule has 0 unspecified atom stereocenters. The summed E-state index contributed by atoms with van der Waals surface area (Å²) in [5.74, 6) is 0.194. The predicted octanol–water partition coefficient (Wildman–Crippen LogP) is 0.179. The molecule has 0 atom stereocenters. The van der Waals surface area contributed by atoms with Crippen LogP contribution in [0.2, 0.25) is 0 Å². The van der Waals surface area contributed by atoms with Crippen LogP contribution in [0.3, 0.4) is 0 Å². The molecule has 1 aliphatic heterocycles. The molecule has 88 valence electrons. The summed E-state index contributed by atoms with van der Waals surface area (Å²) in [5, 5.41) is 0. The summed E-state index contributed by atoms with van der Waals surface area (Å²) in [7, 11) is -2.90. The molecule has 1 rings (SSSR count). The molecule has 0 spiro atoms. The lowest BCUT2D eigenvalue weighted by molar-refractivity contribution is 0.161. The Kier molecular flexibility index (Phi) is 3.96. The first-order valence-electron chi connectivity index (χ1n) is 5.24. The lowest BCUT2D eigenvalue weighted by Crippen LogP contribution is -2.49. The van der Waals surface area contributed by atoms with Crippen molar-refractivity contribution in [3.8, 4) is 0 Å². The summed E-state index contributed by atoms with van der Waals surface area (Å²) in [6.07, 6.45) is 0. The molecule has 5 nitrogen and oxygen atoms in total. The zero-order valence-corrected chi connectivity index (χ0v) is 10.1. The van der Waals surface area contributed by atoms with Gasteiger partial charge in [0, 0.05) is 26.2 Å². The zero-order valence-electron chi connectivity index (χ0n) is 9.27. The lowest BCUT2D eigenvalue weighted by Gasteiger charge is -2.31. The Morgan fingerprint density at radius 3 is 2.07 bits per heavy atom. The van der Waals surface area contributed by atoms with E-state index in [0.717, 1.165) is 0 Å². The molecule has 1 heterocycles. The number of hydrogen-bond donors (Lipinski definition) is 0. The van der Waals surface area contributed by atoms with Crippen LogP contribution >= 0.6 is 0 Å². The summed E-state index contributed by atoms with van der Waals surface area (Å²) in [4.78, 5) is 15.2. The van der Waals surface area contributed by atoms with E-state index in [0.29, 0.717) is 26.2 Å². The first-order chi connectivity index (χ1) is 7.00. The molecule has 15 heavy (non-hydrogen) atoms. The number of rotatable bonds is 2. The Morgan fingerprint density at radius 1 is 1.20 bits per heavy atom. The molecular weight excluding hydrogens is 216 g/mol. The Bertz CT molecular complexity index is 308. The average Bonchev–Trinajstić information content (AvgIpc) is 2.19. The molecule has 0 aromatic heterocycles. The second-order valence-electron chi connectivity index (χ2n) is 3.59. The molecule has 0 aromatic carbocycles. The van der Waals surface area contributed by atoms with Gasteiger partial charge >= 0.3 is 6.03 Å². The van der Waals surface area contributed by atoms with Crippen molar-refractivity contribution in [1.29, 1.82) is 0 Å². The maximum absolute atomic E-state index is 11.8. The van der Waals surface area contributed by atoms with Crippen molar-refractivity contribution >= 4 is 15.9 Å². The quantitative estimate of drug-likeness (QED) is 0.685. The first-order valence-corrected chi connectivity index (χ1v) is 7.06. The second kappa shape index (κ2) is 4.83. The van der Waals surface area contributed by atoms with Crippen molar-refractivity contribution in [2.75, 3.05) is 37.7 Å². The van der Waals surface area contributed by atoms with Crippen LogP contribution in [0.1, 0.15) is 13.8 Å². The van der Waals surface area contributed by atoms with Gasteiger partial charge in [0.25, 0.3) is 0 Å². The fourth-order valence-electron chi connectivity index (χ4n) is 1.60. The molecular formula is C9H18N2O3S.